The number of nitrogens with zero attached hydrogens (tertiary/aromatic N) is 6. The molecule has 0 spiro atoms. The number of aldehydes is 2. The molecule has 0 aromatic carbocycles. The zero-order valence-corrected chi connectivity index (χ0v) is 27.7. The molecule has 0 atom stereocenters. The lowest BCUT2D eigenvalue weighted by atomic mass is 9.90. The molecule has 3 aromatic rings. The smallest absolute Gasteiger partial charge is 0.276 e. The number of aromatic nitrogens is 3. The van der Waals surface area contributed by atoms with Crippen molar-refractivity contribution in [3.63, 3.8) is 0 Å². The van der Waals surface area contributed by atoms with Gasteiger partial charge in [-0.05, 0) is 59.7 Å². The number of allylic oxidation sites excluding steroid dienone is 3. The Labute approximate surface area is 280 Å². The number of carbonyl (C=O) groups excluding carboxylic acids is 3. The Kier molecular flexibility index (Phi) is 8.61. The van der Waals surface area contributed by atoms with Gasteiger partial charge in [-0.25, -0.2) is 9.97 Å². The molecule has 12 nitrogen and oxygen atoms in total. The maximum Gasteiger partial charge on any atom is 0.276 e. The maximum absolute atomic E-state index is 13.8. The molecule has 0 radical (unpaired) electrons. The van der Waals surface area contributed by atoms with Crippen LogP contribution in [0, 0.1) is 5.41 Å². The van der Waals surface area contributed by atoms with E-state index in [1.807, 2.05) is 24.4 Å². The highest BCUT2D eigenvalue weighted by molar-refractivity contribution is 6.08. The number of ether oxygens (including phenoxy) is 1. The van der Waals surface area contributed by atoms with Crippen molar-refractivity contribution in [2.75, 3.05) is 68.1 Å². The summed E-state index contributed by atoms with van der Waals surface area (Å²) in [4.78, 5) is 54.2. The summed E-state index contributed by atoms with van der Waals surface area (Å²) in [5.74, 6) is 0.653. The molecule has 0 saturated carbocycles. The summed E-state index contributed by atoms with van der Waals surface area (Å²) in [6, 6.07) is 8.13. The Hall–Kier alpha value is -4.81. The van der Waals surface area contributed by atoms with Gasteiger partial charge in [-0.1, -0.05) is 13.8 Å². The van der Waals surface area contributed by atoms with Gasteiger partial charge in [-0.3, -0.25) is 24.2 Å². The standard InChI is InChI=1S/C36H42N8O4/c1-36(2)16-24-15-31-35(47)44(13-12-43(31)32(24)17-36)34-30(21-46)29(6-7-38-34)25(18-37-3)14-26(20-45)40-33-5-4-27(19-39-33)41-8-10-42(11-9-41)28-22-48-23-28/h4-7,14-15,18-21,28,37H,8-13,16-17,22-23H2,1-3H3,(H,39,40)/b25-18+,26-14+. The van der Waals surface area contributed by atoms with E-state index in [9.17, 15) is 14.4 Å². The molecule has 1 amide bonds. The van der Waals surface area contributed by atoms with Gasteiger partial charge in [0.05, 0.1) is 42.4 Å². The van der Waals surface area contributed by atoms with Gasteiger partial charge in [-0.15, -0.1) is 0 Å². The van der Waals surface area contributed by atoms with Crippen molar-refractivity contribution >= 4 is 41.4 Å². The van der Waals surface area contributed by atoms with E-state index in [-0.39, 0.29) is 22.6 Å². The van der Waals surface area contributed by atoms with Crippen molar-refractivity contribution in [3.05, 3.63) is 82.7 Å². The van der Waals surface area contributed by atoms with E-state index in [1.54, 1.807) is 36.5 Å². The van der Waals surface area contributed by atoms with Gasteiger partial charge in [-0.2, -0.15) is 0 Å². The summed E-state index contributed by atoms with van der Waals surface area (Å²) < 4.78 is 7.48. The van der Waals surface area contributed by atoms with Gasteiger partial charge in [0.25, 0.3) is 5.91 Å². The summed E-state index contributed by atoms with van der Waals surface area (Å²) >= 11 is 0. The summed E-state index contributed by atoms with van der Waals surface area (Å²) in [6.07, 6.45) is 10.1. The van der Waals surface area contributed by atoms with Gasteiger partial charge < -0.3 is 24.8 Å². The maximum atomic E-state index is 13.8. The van der Waals surface area contributed by atoms with Crippen LogP contribution in [0.2, 0.25) is 0 Å². The molecule has 48 heavy (non-hydrogen) atoms. The number of nitrogens with one attached hydrogen (secondary N) is 2. The third-order valence-electron chi connectivity index (χ3n) is 9.85. The molecule has 0 unspecified atom stereocenters. The number of hydrogen-bond donors (Lipinski definition) is 2. The van der Waals surface area contributed by atoms with E-state index in [0.29, 0.717) is 53.9 Å². The highest BCUT2D eigenvalue weighted by Gasteiger charge is 2.37. The van der Waals surface area contributed by atoms with E-state index >= 15 is 0 Å². The predicted molar refractivity (Wildman–Crippen MR) is 184 cm³/mol. The second-order valence-corrected chi connectivity index (χ2v) is 13.7. The third kappa shape index (κ3) is 6.01. The second kappa shape index (κ2) is 13.0. The highest BCUT2D eigenvalue weighted by Crippen LogP contribution is 2.40. The number of amides is 1. The predicted octanol–water partition coefficient (Wildman–Crippen LogP) is 3.15. The zero-order chi connectivity index (χ0) is 33.4. The molecular formula is C36H42N8O4. The Morgan fingerprint density at radius 1 is 1.02 bits per heavy atom. The van der Waals surface area contributed by atoms with E-state index in [1.165, 1.54) is 11.3 Å². The summed E-state index contributed by atoms with van der Waals surface area (Å²) in [5.41, 5.74) is 5.95. The SMILES string of the molecule is CN/C=C(\C=C(/C=O)Nc1ccc(N2CCN(C3COC3)CC2)cn1)c1ccnc(N2CCn3c(cc4c3CC(C)(C)C4)C2=O)c1C=O. The molecule has 3 aliphatic heterocycles. The third-order valence-corrected chi connectivity index (χ3v) is 9.85. The molecule has 6 heterocycles. The van der Waals surface area contributed by atoms with Crippen molar-refractivity contribution in [1.29, 1.82) is 0 Å². The summed E-state index contributed by atoms with van der Waals surface area (Å²) in [6.45, 7) is 11.0. The normalized spacial score (nSPS) is 19.9. The molecular weight excluding hydrogens is 608 g/mol. The molecule has 12 heteroatoms. The average Bonchev–Trinajstić information content (AvgIpc) is 3.56. The fourth-order valence-electron chi connectivity index (χ4n) is 7.35. The number of fused-ring (bicyclic) bond motifs is 3. The van der Waals surface area contributed by atoms with Crippen LogP contribution >= 0.6 is 0 Å². The fourth-order valence-corrected chi connectivity index (χ4v) is 7.35. The van der Waals surface area contributed by atoms with Gasteiger partial charge in [0.1, 0.15) is 17.3 Å². The second-order valence-electron chi connectivity index (χ2n) is 13.7. The van der Waals surface area contributed by atoms with Crippen LogP contribution < -0.4 is 20.4 Å². The number of hydrogen-bond acceptors (Lipinski definition) is 10. The first-order valence-electron chi connectivity index (χ1n) is 16.6. The minimum absolute atomic E-state index is 0.171. The number of carbonyl (C=O) groups is 3. The summed E-state index contributed by atoms with van der Waals surface area (Å²) in [7, 11) is 1.74. The largest absolute Gasteiger partial charge is 0.393 e. The molecule has 0 bridgehead atoms. The van der Waals surface area contributed by atoms with Crippen LogP contribution in [0.25, 0.3) is 5.57 Å². The molecule has 2 saturated heterocycles. The van der Waals surface area contributed by atoms with Crippen LogP contribution in [0.1, 0.15) is 51.5 Å². The van der Waals surface area contributed by atoms with Crippen molar-refractivity contribution in [3.8, 4) is 0 Å². The number of pyridine rings is 2. The van der Waals surface area contributed by atoms with Crippen LogP contribution in [0.3, 0.4) is 0 Å². The first kappa shape index (κ1) is 31.8. The highest BCUT2D eigenvalue weighted by atomic mass is 16.5. The van der Waals surface area contributed by atoms with Crippen LogP contribution in [0.4, 0.5) is 17.3 Å². The Morgan fingerprint density at radius 2 is 1.83 bits per heavy atom. The first-order valence-corrected chi connectivity index (χ1v) is 16.6. The number of piperazine rings is 1. The Morgan fingerprint density at radius 3 is 2.50 bits per heavy atom. The lowest BCUT2D eigenvalue weighted by molar-refractivity contribution is -0.104. The lowest BCUT2D eigenvalue weighted by Gasteiger charge is -2.43. The average molecular weight is 651 g/mol. The van der Waals surface area contributed by atoms with Gasteiger partial charge in [0, 0.05) is 70.0 Å². The Bertz CT molecular complexity index is 1780. The van der Waals surface area contributed by atoms with E-state index in [4.69, 9.17) is 4.74 Å². The molecule has 250 valence electrons. The fraction of sp³-hybridized carbons (Fsp3) is 0.417. The summed E-state index contributed by atoms with van der Waals surface area (Å²) in [5, 5.41) is 6.13. The molecule has 3 aromatic heterocycles. The van der Waals surface area contributed by atoms with Gasteiger partial charge >= 0.3 is 0 Å². The van der Waals surface area contributed by atoms with Crippen molar-refractivity contribution < 1.29 is 19.1 Å². The number of rotatable bonds is 10. The van der Waals surface area contributed by atoms with Gasteiger partial charge in [0.15, 0.2) is 12.6 Å². The minimum Gasteiger partial charge on any atom is -0.393 e. The topological polar surface area (TPSA) is 125 Å². The van der Waals surface area contributed by atoms with Gasteiger partial charge in [0.2, 0.25) is 0 Å². The molecule has 2 fully saturated rings. The van der Waals surface area contributed by atoms with Crippen LogP contribution in [0.5, 0.6) is 0 Å². The lowest BCUT2D eigenvalue weighted by Crippen LogP contribution is -2.56. The van der Waals surface area contributed by atoms with Crippen LogP contribution in [-0.2, 0) is 28.9 Å². The zero-order valence-electron chi connectivity index (χ0n) is 27.7. The first-order chi connectivity index (χ1) is 23.3. The Balaban J connectivity index is 1.09. The van der Waals surface area contributed by atoms with E-state index in [0.717, 1.165) is 64.2 Å². The number of anilines is 3. The van der Waals surface area contributed by atoms with E-state index < -0.39 is 0 Å². The molecule has 7 rings (SSSR count). The van der Waals surface area contributed by atoms with E-state index in [2.05, 4.69) is 48.8 Å². The van der Waals surface area contributed by atoms with Crippen molar-refractivity contribution in [1.82, 2.24) is 24.8 Å². The minimum atomic E-state index is -0.171. The van der Waals surface area contributed by atoms with Crippen LogP contribution in [-0.4, -0.2) is 96.9 Å². The molecule has 4 aliphatic rings. The van der Waals surface area contributed by atoms with Crippen LogP contribution in [0.15, 0.2) is 54.6 Å². The van der Waals surface area contributed by atoms with Crippen molar-refractivity contribution in [2.24, 2.45) is 5.41 Å². The van der Waals surface area contributed by atoms with Crippen molar-refractivity contribution in [2.45, 2.75) is 39.3 Å². The quantitative estimate of drug-likeness (QED) is 0.192. The molecule has 2 N–H and O–H groups in total. The molecule has 1 aliphatic carbocycles. The monoisotopic (exact) mass is 650 g/mol.